The molecule has 0 bridgehead atoms. The third-order valence-corrected chi connectivity index (χ3v) is 8.44. The first-order valence-electron chi connectivity index (χ1n) is 13.2. The second-order valence-electron chi connectivity index (χ2n) is 10.6. The van der Waals surface area contributed by atoms with Crippen molar-refractivity contribution in [1.82, 2.24) is 20.2 Å². The van der Waals surface area contributed by atoms with Crippen molar-refractivity contribution in [2.24, 2.45) is 0 Å². The van der Waals surface area contributed by atoms with Crippen molar-refractivity contribution in [2.45, 2.75) is 64.0 Å². The van der Waals surface area contributed by atoms with Crippen LogP contribution in [0.1, 0.15) is 59.2 Å². The first-order valence-corrected chi connectivity index (χ1v) is 13.2. The van der Waals surface area contributed by atoms with Crippen molar-refractivity contribution in [3.63, 3.8) is 0 Å². The smallest absolute Gasteiger partial charge is 0.404 e. The van der Waals surface area contributed by atoms with E-state index in [-0.39, 0.29) is 30.7 Å². The fourth-order valence-corrected chi connectivity index (χ4v) is 6.24. The van der Waals surface area contributed by atoms with Crippen LogP contribution in [-0.2, 0) is 39.5 Å². The Kier molecular flexibility index (Phi) is 6.12. The number of aromatic nitrogens is 2. The van der Waals surface area contributed by atoms with Crippen LogP contribution in [0.3, 0.4) is 0 Å². The third kappa shape index (κ3) is 3.90. The van der Waals surface area contributed by atoms with Gasteiger partial charge < -0.3 is 35.3 Å². The highest BCUT2D eigenvalue weighted by molar-refractivity contribution is 5.94. The molecule has 0 saturated carbocycles. The van der Waals surface area contributed by atoms with Crippen LogP contribution < -0.4 is 16.2 Å². The van der Waals surface area contributed by atoms with Gasteiger partial charge in [0.2, 0.25) is 0 Å². The highest BCUT2D eigenvalue weighted by Crippen LogP contribution is 2.45. The predicted molar refractivity (Wildman–Crippen MR) is 140 cm³/mol. The second kappa shape index (κ2) is 9.35. The molecule has 0 unspecified atom stereocenters. The number of ether oxygens (including phenoxy) is 1. The average Bonchev–Trinajstić information content (AvgIpc) is 3.31. The molecule has 0 spiro atoms. The minimum Gasteiger partial charge on any atom is -0.465 e. The minimum atomic E-state index is -2.01. The number of esters is 1. The SMILES string of the molecule is CC[C@@]1(O)C(=O)OCc2c1cc1n(c2=O)Cc2c-1nc1cc(F)c(C)c3c1c2[C@@H](NC(=O)[C@@H](O)CNC(=O)O)CC3. The maximum Gasteiger partial charge on any atom is 0.404 e. The van der Waals surface area contributed by atoms with Crippen LogP contribution >= 0.6 is 0 Å². The van der Waals surface area contributed by atoms with Gasteiger partial charge in [0.05, 0.1) is 41.6 Å². The van der Waals surface area contributed by atoms with Crippen LogP contribution in [0.4, 0.5) is 9.18 Å². The highest BCUT2D eigenvalue weighted by atomic mass is 19.1. The number of carbonyl (C=O) groups is 3. The maximum atomic E-state index is 15.0. The van der Waals surface area contributed by atoms with E-state index in [1.165, 1.54) is 10.6 Å². The van der Waals surface area contributed by atoms with Gasteiger partial charge in [-0.25, -0.2) is 19.0 Å². The van der Waals surface area contributed by atoms with Crippen molar-refractivity contribution in [3.8, 4) is 11.4 Å². The number of nitrogens with zero attached hydrogens (tertiary/aromatic N) is 2. The van der Waals surface area contributed by atoms with Gasteiger partial charge in [-0.05, 0) is 48.9 Å². The number of pyridine rings is 2. The summed E-state index contributed by atoms with van der Waals surface area (Å²) in [6.45, 7) is 2.54. The number of aliphatic hydroxyl groups is 2. The Balaban J connectivity index is 1.54. The van der Waals surface area contributed by atoms with Crippen molar-refractivity contribution in [3.05, 3.63) is 61.7 Å². The molecule has 3 aliphatic rings. The molecule has 0 radical (unpaired) electrons. The zero-order valence-corrected chi connectivity index (χ0v) is 22.2. The summed E-state index contributed by atoms with van der Waals surface area (Å²) in [5.74, 6) is -2.10. The van der Waals surface area contributed by atoms with E-state index < -0.39 is 53.6 Å². The molecule has 4 heterocycles. The molecule has 13 heteroatoms. The topological polar surface area (TPSA) is 180 Å². The lowest BCUT2D eigenvalue weighted by molar-refractivity contribution is -0.172. The van der Waals surface area contributed by atoms with E-state index in [0.29, 0.717) is 51.8 Å². The first kappa shape index (κ1) is 26.8. The molecule has 41 heavy (non-hydrogen) atoms. The lowest BCUT2D eigenvalue weighted by Gasteiger charge is -2.31. The monoisotopic (exact) mass is 566 g/mol. The molecule has 1 aromatic carbocycles. The minimum absolute atomic E-state index is 0.0218. The first-order chi connectivity index (χ1) is 19.5. The predicted octanol–water partition coefficient (Wildman–Crippen LogP) is 1.26. The number of amides is 2. The van der Waals surface area contributed by atoms with Crippen LogP contribution in [0.2, 0.25) is 0 Å². The number of hydrogen-bond donors (Lipinski definition) is 5. The quantitative estimate of drug-likeness (QED) is 0.222. The summed E-state index contributed by atoms with van der Waals surface area (Å²) in [6, 6.07) is 2.20. The lowest BCUT2D eigenvalue weighted by Crippen LogP contribution is -2.44. The summed E-state index contributed by atoms with van der Waals surface area (Å²) >= 11 is 0. The Labute approximate surface area is 231 Å². The zero-order valence-electron chi connectivity index (χ0n) is 22.2. The van der Waals surface area contributed by atoms with Crippen LogP contribution in [0.25, 0.3) is 22.3 Å². The number of fused-ring (bicyclic) bond motifs is 5. The lowest BCUT2D eigenvalue weighted by atomic mass is 9.81. The molecule has 0 saturated heterocycles. The van der Waals surface area contributed by atoms with Crippen molar-refractivity contribution < 1.29 is 38.8 Å². The second-order valence-corrected chi connectivity index (χ2v) is 10.6. The molecule has 3 atom stereocenters. The summed E-state index contributed by atoms with van der Waals surface area (Å²) in [6.07, 6.45) is -2.29. The van der Waals surface area contributed by atoms with Gasteiger partial charge >= 0.3 is 12.1 Å². The Hall–Kier alpha value is -4.36. The van der Waals surface area contributed by atoms with E-state index in [2.05, 4.69) is 5.32 Å². The fourth-order valence-electron chi connectivity index (χ4n) is 6.24. The normalized spacial score (nSPS) is 21.0. The largest absolute Gasteiger partial charge is 0.465 e. The Morgan fingerprint density at radius 2 is 2.02 bits per heavy atom. The van der Waals surface area contributed by atoms with Gasteiger partial charge in [-0.1, -0.05) is 6.92 Å². The van der Waals surface area contributed by atoms with Crippen molar-refractivity contribution in [1.29, 1.82) is 0 Å². The van der Waals surface area contributed by atoms with Gasteiger partial charge in [0.25, 0.3) is 11.5 Å². The number of halogens is 1. The summed E-state index contributed by atoms with van der Waals surface area (Å²) in [4.78, 5) is 54.6. The molecule has 2 aliphatic heterocycles. The summed E-state index contributed by atoms with van der Waals surface area (Å²) < 4.78 is 21.6. The average molecular weight is 567 g/mol. The summed E-state index contributed by atoms with van der Waals surface area (Å²) in [7, 11) is 0. The third-order valence-electron chi connectivity index (χ3n) is 8.44. The van der Waals surface area contributed by atoms with E-state index in [9.17, 15) is 29.4 Å². The molecule has 5 N–H and O–H groups in total. The van der Waals surface area contributed by atoms with Crippen molar-refractivity contribution in [2.75, 3.05) is 6.54 Å². The Bertz CT molecular complexity index is 1750. The fraction of sp³-hybridized carbons (Fsp3) is 0.393. The molecule has 2 amide bonds. The van der Waals surface area contributed by atoms with Crippen molar-refractivity contribution >= 4 is 28.9 Å². The molecule has 0 fully saturated rings. The van der Waals surface area contributed by atoms with Crippen LogP contribution in [0.15, 0.2) is 16.9 Å². The molecule has 2 aromatic heterocycles. The van der Waals surface area contributed by atoms with E-state index in [1.807, 2.05) is 5.32 Å². The Morgan fingerprint density at radius 3 is 2.73 bits per heavy atom. The molecule has 1 aliphatic carbocycles. The van der Waals surface area contributed by atoms with Gasteiger partial charge in [0.1, 0.15) is 18.5 Å². The van der Waals surface area contributed by atoms with E-state index in [4.69, 9.17) is 14.8 Å². The van der Waals surface area contributed by atoms with E-state index >= 15 is 4.39 Å². The number of hydrogen-bond acceptors (Lipinski definition) is 8. The van der Waals surface area contributed by atoms with Gasteiger partial charge in [0, 0.05) is 22.6 Å². The van der Waals surface area contributed by atoms with Crippen LogP contribution in [0, 0.1) is 12.7 Å². The van der Waals surface area contributed by atoms with Gasteiger partial charge in [0.15, 0.2) is 5.60 Å². The van der Waals surface area contributed by atoms with Gasteiger partial charge in [-0.3, -0.25) is 9.59 Å². The number of cyclic esters (lactones) is 1. The Morgan fingerprint density at radius 1 is 1.27 bits per heavy atom. The van der Waals surface area contributed by atoms with E-state index in [0.717, 1.165) is 5.56 Å². The molecule has 214 valence electrons. The number of aryl methyl sites for hydroxylation is 1. The van der Waals surface area contributed by atoms with Crippen LogP contribution in [0.5, 0.6) is 0 Å². The number of carbonyl (C=O) groups excluding carboxylic acids is 2. The highest BCUT2D eigenvalue weighted by Gasteiger charge is 2.46. The number of nitrogens with one attached hydrogen (secondary N) is 2. The summed E-state index contributed by atoms with van der Waals surface area (Å²) in [5, 5.41) is 35.6. The standard InChI is InChI=1S/C28H27FN4O8/c1-3-28(40)15-6-19-23-13(9-33(19)25(36)14(15)10-41-26(28)37)22-17(32-24(35)20(34)8-30-27(38)39)5-4-12-11(2)16(29)7-18(31-23)21(12)22/h6-7,17,20,30,34,40H,3-5,8-10H2,1-2H3,(H,32,35)(H,38,39)/t17-,20-,28-/m0/s1. The molecule has 3 aromatic rings. The number of rotatable bonds is 5. The molecular formula is C28H27FN4O8. The number of carboxylic acid groups (broad SMARTS) is 1. The van der Waals surface area contributed by atoms with Gasteiger partial charge in [-0.2, -0.15) is 0 Å². The van der Waals surface area contributed by atoms with Crippen LogP contribution in [-0.4, -0.2) is 55.5 Å². The maximum absolute atomic E-state index is 15.0. The number of aliphatic hydroxyl groups excluding tert-OH is 1. The molecule has 12 nitrogen and oxygen atoms in total. The van der Waals surface area contributed by atoms with Gasteiger partial charge in [-0.15, -0.1) is 0 Å². The summed E-state index contributed by atoms with van der Waals surface area (Å²) in [5.41, 5.74) is 1.25. The zero-order chi connectivity index (χ0) is 29.4. The van der Waals surface area contributed by atoms with E-state index in [1.54, 1.807) is 19.9 Å². The number of benzene rings is 1. The molecule has 6 rings (SSSR count). The molecular weight excluding hydrogens is 539 g/mol.